The zero-order valence-electron chi connectivity index (χ0n) is 12.0. The van der Waals surface area contributed by atoms with E-state index in [4.69, 9.17) is 22.1 Å². The van der Waals surface area contributed by atoms with E-state index in [1.54, 1.807) is 39.0 Å². The van der Waals surface area contributed by atoms with E-state index < -0.39 is 11.7 Å². The summed E-state index contributed by atoms with van der Waals surface area (Å²) in [6.45, 7) is 5.38. The number of halogens is 1. The fourth-order valence-corrected chi connectivity index (χ4v) is 1.93. The van der Waals surface area contributed by atoms with Crippen molar-refractivity contribution in [2.45, 2.75) is 26.4 Å². The average Bonchev–Trinajstić information content (AvgIpc) is 2.75. The molecule has 2 aromatic rings. The smallest absolute Gasteiger partial charge is 0.412 e. The summed E-state index contributed by atoms with van der Waals surface area (Å²) in [6, 6.07) is 5.05. The molecule has 2 rings (SSSR count). The number of nitrogen functional groups attached to an aromatic ring is 1. The Hall–Kier alpha value is -2.21. The maximum Gasteiger partial charge on any atom is 0.412 e. The lowest BCUT2D eigenvalue weighted by Crippen LogP contribution is -2.27. The zero-order valence-corrected chi connectivity index (χ0v) is 12.8. The highest BCUT2D eigenvalue weighted by molar-refractivity contribution is 6.31. The molecule has 1 heterocycles. The summed E-state index contributed by atoms with van der Waals surface area (Å²) in [5.74, 6) is 0. The molecule has 1 amide bonds. The Labute approximate surface area is 127 Å². The van der Waals surface area contributed by atoms with Crippen LogP contribution in [-0.2, 0) is 4.74 Å². The van der Waals surface area contributed by atoms with E-state index in [0.29, 0.717) is 27.7 Å². The summed E-state index contributed by atoms with van der Waals surface area (Å²) in [5, 5.41) is 9.86. The molecule has 0 aliphatic rings. The Morgan fingerprint density at radius 3 is 2.71 bits per heavy atom. The summed E-state index contributed by atoms with van der Waals surface area (Å²) >= 11 is 6.01. The number of amides is 1. The van der Waals surface area contributed by atoms with E-state index in [1.807, 2.05) is 0 Å². The lowest BCUT2D eigenvalue weighted by molar-refractivity contribution is 0.0636. The van der Waals surface area contributed by atoms with Crippen LogP contribution in [0.4, 0.5) is 16.2 Å². The van der Waals surface area contributed by atoms with Crippen LogP contribution >= 0.6 is 11.6 Å². The minimum Gasteiger partial charge on any atom is -0.444 e. The maximum atomic E-state index is 11.9. The normalized spacial score (nSPS) is 11.2. The van der Waals surface area contributed by atoms with Gasteiger partial charge in [0, 0.05) is 10.6 Å². The third-order valence-electron chi connectivity index (χ3n) is 2.56. The topological polar surface area (TPSA) is 93.0 Å². The Balaban J connectivity index is 2.32. The third-order valence-corrected chi connectivity index (χ3v) is 2.79. The van der Waals surface area contributed by atoms with Gasteiger partial charge in [0.1, 0.15) is 5.60 Å². The molecule has 0 unspecified atom stereocenters. The number of H-pyrrole nitrogens is 1. The molecule has 0 bridgehead atoms. The van der Waals surface area contributed by atoms with Gasteiger partial charge in [-0.05, 0) is 39.0 Å². The number of nitrogens with zero attached hydrogens (tertiary/aromatic N) is 1. The molecule has 6 nitrogen and oxygen atoms in total. The number of carbonyl (C=O) groups excluding carboxylic acids is 1. The zero-order chi connectivity index (χ0) is 15.6. The van der Waals surface area contributed by atoms with Crippen molar-refractivity contribution >= 4 is 29.1 Å². The Morgan fingerprint density at radius 1 is 1.43 bits per heavy atom. The number of rotatable bonds is 2. The minimum atomic E-state index is -0.580. The van der Waals surface area contributed by atoms with Crippen LogP contribution in [0, 0.1) is 0 Å². The molecule has 0 aliphatic carbocycles. The van der Waals surface area contributed by atoms with E-state index in [-0.39, 0.29) is 0 Å². The van der Waals surface area contributed by atoms with Gasteiger partial charge in [-0.2, -0.15) is 5.10 Å². The molecule has 7 heteroatoms. The number of aromatic amines is 1. The Morgan fingerprint density at radius 2 is 2.14 bits per heavy atom. The van der Waals surface area contributed by atoms with Crippen molar-refractivity contribution in [3.8, 4) is 11.3 Å². The molecule has 0 aliphatic heterocycles. The number of aromatic nitrogens is 2. The van der Waals surface area contributed by atoms with Gasteiger partial charge in [0.05, 0.1) is 23.3 Å². The minimum absolute atomic E-state index is 0.463. The number of carbonyl (C=O) groups is 1. The predicted octanol–water partition coefficient (Wildman–Crippen LogP) is 3.66. The number of hydrogen-bond acceptors (Lipinski definition) is 4. The van der Waals surface area contributed by atoms with E-state index in [2.05, 4.69) is 15.5 Å². The summed E-state index contributed by atoms with van der Waals surface area (Å²) in [4.78, 5) is 11.9. The fraction of sp³-hybridized carbons (Fsp3) is 0.286. The number of nitrogens with one attached hydrogen (secondary N) is 2. The molecule has 0 radical (unpaired) electrons. The summed E-state index contributed by atoms with van der Waals surface area (Å²) in [6.07, 6.45) is 0.942. The standard InChI is InChI=1S/C14H17ClN4O2/c1-14(2,3)21-13(20)18-11-5-4-8(15)6-9(11)12-10(16)7-17-19-12/h4-7H,16H2,1-3H3,(H,17,19)(H,18,20). The SMILES string of the molecule is CC(C)(C)OC(=O)Nc1ccc(Cl)cc1-c1[nH]ncc1N. The molecule has 0 saturated carbocycles. The number of anilines is 2. The molecule has 1 aromatic carbocycles. The van der Waals surface area contributed by atoms with Gasteiger partial charge < -0.3 is 10.5 Å². The number of nitrogens with two attached hydrogens (primary N) is 1. The van der Waals surface area contributed by atoms with Crippen molar-refractivity contribution in [2.75, 3.05) is 11.1 Å². The first-order valence-electron chi connectivity index (χ1n) is 6.35. The van der Waals surface area contributed by atoms with E-state index in [1.165, 1.54) is 6.20 Å². The summed E-state index contributed by atoms with van der Waals surface area (Å²) in [5.41, 5.74) is 7.49. The molecule has 112 valence electrons. The number of hydrogen-bond donors (Lipinski definition) is 3. The van der Waals surface area contributed by atoms with E-state index >= 15 is 0 Å². The summed E-state index contributed by atoms with van der Waals surface area (Å²) < 4.78 is 5.23. The van der Waals surface area contributed by atoms with Gasteiger partial charge >= 0.3 is 6.09 Å². The quantitative estimate of drug-likeness (QED) is 0.789. The van der Waals surface area contributed by atoms with Crippen LogP contribution < -0.4 is 11.1 Å². The van der Waals surface area contributed by atoms with Crippen molar-refractivity contribution in [3.63, 3.8) is 0 Å². The number of ether oxygens (including phenoxy) is 1. The highest BCUT2D eigenvalue weighted by atomic mass is 35.5. The average molecular weight is 309 g/mol. The van der Waals surface area contributed by atoms with Crippen LogP contribution in [0.25, 0.3) is 11.3 Å². The van der Waals surface area contributed by atoms with Crippen molar-refractivity contribution < 1.29 is 9.53 Å². The largest absolute Gasteiger partial charge is 0.444 e. The van der Waals surface area contributed by atoms with Crippen molar-refractivity contribution in [1.29, 1.82) is 0 Å². The molecule has 21 heavy (non-hydrogen) atoms. The van der Waals surface area contributed by atoms with Crippen LogP contribution in [0.1, 0.15) is 20.8 Å². The van der Waals surface area contributed by atoms with Crippen molar-refractivity contribution in [3.05, 3.63) is 29.4 Å². The Kier molecular flexibility index (Phi) is 4.09. The van der Waals surface area contributed by atoms with Gasteiger partial charge in [-0.25, -0.2) is 4.79 Å². The highest BCUT2D eigenvalue weighted by Crippen LogP contribution is 2.32. The molecule has 4 N–H and O–H groups in total. The molecular weight excluding hydrogens is 292 g/mol. The van der Waals surface area contributed by atoms with E-state index in [9.17, 15) is 4.79 Å². The van der Waals surface area contributed by atoms with Crippen molar-refractivity contribution in [1.82, 2.24) is 10.2 Å². The molecule has 0 spiro atoms. The molecule has 0 saturated heterocycles. The van der Waals surface area contributed by atoms with Gasteiger partial charge in [-0.3, -0.25) is 10.4 Å². The van der Waals surface area contributed by atoms with Crippen LogP contribution in [0.15, 0.2) is 24.4 Å². The first kappa shape index (κ1) is 15.2. The van der Waals surface area contributed by atoms with Crippen LogP contribution in [0.2, 0.25) is 5.02 Å². The van der Waals surface area contributed by atoms with Gasteiger partial charge in [0.15, 0.2) is 0 Å². The monoisotopic (exact) mass is 308 g/mol. The van der Waals surface area contributed by atoms with Gasteiger partial charge in [-0.15, -0.1) is 0 Å². The fourth-order valence-electron chi connectivity index (χ4n) is 1.76. The molecule has 1 aromatic heterocycles. The first-order valence-corrected chi connectivity index (χ1v) is 6.73. The summed E-state index contributed by atoms with van der Waals surface area (Å²) in [7, 11) is 0. The van der Waals surface area contributed by atoms with Gasteiger partial charge in [0.25, 0.3) is 0 Å². The van der Waals surface area contributed by atoms with Gasteiger partial charge in [0.2, 0.25) is 0 Å². The lowest BCUT2D eigenvalue weighted by atomic mass is 10.1. The second kappa shape index (κ2) is 5.65. The molecule has 0 fully saturated rings. The van der Waals surface area contributed by atoms with Crippen LogP contribution in [0.5, 0.6) is 0 Å². The molecular formula is C14H17ClN4O2. The van der Waals surface area contributed by atoms with Gasteiger partial charge in [-0.1, -0.05) is 11.6 Å². The van der Waals surface area contributed by atoms with E-state index in [0.717, 1.165) is 0 Å². The highest BCUT2D eigenvalue weighted by Gasteiger charge is 2.18. The Bertz CT molecular complexity index is 661. The lowest BCUT2D eigenvalue weighted by Gasteiger charge is -2.20. The second-order valence-corrected chi connectivity index (χ2v) is 5.95. The first-order chi connectivity index (χ1) is 9.76. The maximum absolute atomic E-state index is 11.9. The van der Waals surface area contributed by atoms with Crippen LogP contribution in [-0.4, -0.2) is 21.9 Å². The second-order valence-electron chi connectivity index (χ2n) is 5.52. The van der Waals surface area contributed by atoms with Crippen molar-refractivity contribution in [2.24, 2.45) is 0 Å². The molecule has 0 atom stereocenters. The predicted molar refractivity (Wildman–Crippen MR) is 83.3 cm³/mol. The third kappa shape index (κ3) is 3.88. The van der Waals surface area contributed by atoms with Crippen LogP contribution in [0.3, 0.4) is 0 Å². The number of benzene rings is 1.